The fraction of sp³-hybridized carbons (Fsp3) is 0.632. The molecule has 1 aromatic rings. The highest BCUT2D eigenvalue weighted by molar-refractivity contribution is 5.99. The lowest BCUT2D eigenvalue weighted by atomic mass is 9.81. The van der Waals surface area contributed by atoms with Crippen molar-refractivity contribution >= 4 is 24.0 Å². The van der Waals surface area contributed by atoms with Gasteiger partial charge in [0, 0.05) is 30.9 Å². The number of amides is 1. The molecule has 132 valence electrons. The second kappa shape index (κ2) is 7.03. The molecule has 1 amide bonds. The number of para-hydroxylation sites is 1. The first kappa shape index (κ1) is 17.7. The molecule has 5 heteroatoms. The first-order valence-electron chi connectivity index (χ1n) is 8.95. The number of fused-ring (bicyclic) bond motifs is 2. The second-order valence-corrected chi connectivity index (χ2v) is 7.40. The van der Waals surface area contributed by atoms with Crippen LogP contribution in [0.2, 0.25) is 0 Å². The lowest BCUT2D eigenvalue weighted by molar-refractivity contribution is -0.121. The van der Waals surface area contributed by atoms with E-state index in [0.29, 0.717) is 0 Å². The smallest absolute Gasteiger partial charge is 0.244 e. The van der Waals surface area contributed by atoms with Crippen molar-refractivity contribution in [2.24, 2.45) is 11.7 Å². The average Bonchev–Trinajstić information content (AvgIpc) is 3.21. The van der Waals surface area contributed by atoms with Crippen LogP contribution in [0, 0.1) is 5.92 Å². The van der Waals surface area contributed by atoms with Crippen LogP contribution in [0.5, 0.6) is 0 Å². The van der Waals surface area contributed by atoms with Crippen molar-refractivity contribution in [3.05, 3.63) is 29.8 Å². The van der Waals surface area contributed by atoms with Gasteiger partial charge in [-0.2, -0.15) is 0 Å². The molecule has 1 saturated carbocycles. The lowest BCUT2D eigenvalue weighted by Gasteiger charge is -2.31. The van der Waals surface area contributed by atoms with E-state index in [-0.39, 0.29) is 29.6 Å². The largest absolute Gasteiger partial charge is 0.381 e. The highest BCUT2D eigenvalue weighted by atomic mass is 35.5. The maximum Gasteiger partial charge on any atom is 0.244 e. The van der Waals surface area contributed by atoms with Crippen LogP contribution < -0.4 is 10.6 Å². The number of anilines is 1. The van der Waals surface area contributed by atoms with Gasteiger partial charge in [0.2, 0.25) is 5.91 Å². The van der Waals surface area contributed by atoms with Gasteiger partial charge in [-0.15, -0.1) is 12.4 Å². The predicted molar refractivity (Wildman–Crippen MR) is 97.7 cm³/mol. The monoisotopic (exact) mass is 350 g/mol. The second-order valence-electron chi connectivity index (χ2n) is 7.40. The van der Waals surface area contributed by atoms with Gasteiger partial charge in [-0.05, 0) is 43.2 Å². The standard InChI is InChI=1S/C19H26N2O2.ClH/c20-17(14-7-11-23-12-8-14)18(22)21-13-19(9-3-4-10-19)15-5-1-2-6-16(15)21;/h1-2,5-6,14,17H,3-4,7-13,20H2;1H. The van der Waals surface area contributed by atoms with E-state index in [4.69, 9.17) is 10.5 Å². The summed E-state index contributed by atoms with van der Waals surface area (Å²) in [5.74, 6) is 0.358. The van der Waals surface area contributed by atoms with Crippen molar-refractivity contribution in [1.29, 1.82) is 0 Å². The van der Waals surface area contributed by atoms with Gasteiger partial charge >= 0.3 is 0 Å². The Morgan fingerprint density at radius 1 is 1.21 bits per heavy atom. The summed E-state index contributed by atoms with van der Waals surface area (Å²) >= 11 is 0. The minimum Gasteiger partial charge on any atom is -0.381 e. The zero-order chi connectivity index (χ0) is 15.9. The van der Waals surface area contributed by atoms with E-state index in [2.05, 4.69) is 18.2 Å². The molecule has 0 bridgehead atoms. The zero-order valence-corrected chi connectivity index (χ0v) is 14.9. The number of carbonyl (C=O) groups is 1. The third-order valence-electron chi connectivity index (χ3n) is 6.11. The van der Waals surface area contributed by atoms with Gasteiger partial charge in [-0.1, -0.05) is 31.0 Å². The molecule has 4 nitrogen and oxygen atoms in total. The molecule has 1 aromatic carbocycles. The maximum atomic E-state index is 13.1. The number of rotatable bonds is 2. The van der Waals surface area contributed by atoms with Crippen molar-refractivity contribution in [3.8, 4) is 0 Å². The van der Waals surface area contributed by atoms with Crippen LogP contribution >= 0.6 is 12.4 Å². The van der Waals surface area contributed by atoms with E-state index in [9.17, 15) is 4.79 Å². The van der Waals surface area contributed by atoms with Crippen molar-refractivity contribution in [3.63, 3.8) is 0 Å². The van der Waals surface area contributed by atoms with Crippen LogP contribution in [-0.2, 0) is 14.9 Å². The van der Waals surface area contributed by atoms with Crippen molar-refractivity contribution in [2.45, 2.75) is 50.0 Å². The van der Waals surface area contributed by atoms with E-state index < -0.39 is 6.04 Å². The number of benzene rings is 1. The van der Waals surface area contributed by atoms with Crippen molar-refractivity contribution in [2.75, 3.05) is 24.7 Å². The molecular weight excluding hydrogens is 324 g/mol. The Morgan fingerprint density at radius 3 is 2.58 bits per heavy atom. The number of carbonyl (C=O) groups excluding carboxylic acids is 1. The van der Waals surface area contributed by atoms with Gasteiger partial charge in [0.1, 0.15) is 0 Å². The Bertz CT molecular complexity index is 595. The topological polar surface area (TPSA) is 55.6 Å². The van der Waals surface area contributed by atoms with E-state index in [1.165, 1.54) is 31.2 Å². The van der Waals surface area contributed by atoms with Gasteiger partial charge in [-0.25, -0.2) is 0 Å². The highest BCUT2D eigenvalue weighted by Crippen LogP contribution is 2.50. The quantitative estimate of drug-likeness (QED) is 0.892. The molecular formula is C19H27ClN2O2. The minimum absolute atomic E-state index is 0. The van der Waals surface area contributed by atoms with Gasteiger partial charge in [0.25, 0.3) is 0 Å². The molecule has 4 rings (SSSR count). The Balaban J connectivity index is 0.00000169. The molecule has 0 radical (unpaired) electrons. The maximum absolute atomic E-state index is 13.1. The normalized spacial score (nSPS) is 23.8. The average molecular weight is 351 g/mol. The Morgan fingerprint density at radius 2 is 1.88 bits per heavy atom. The molecule has 1 unspecified atom stereocenters. The number of hydrogen-bond acceptors (Lipinski definition) is 3. The lowest BCUT2D eigenvalue weighted by Crippen LogP contribution is -2.50. The van der Waals surface area contributed by atoms with Crippen LogP contribution in [0.25, 0.3) is 0 Å². The molecule has 1 aliphatic carbocycles. The van der Waals surface area contributed by atoms with Crippen molar-refractivity contribution < 1.29 is 9.53 Å². The number of hydrogen-bond donors (Lipinski definition) is 1. The number of ether oxygens (including phenoxy) is 1. The molecule has 3 aliphatic rings. The molecule has 1 spiro atoms. The molecule has 2 aliphatic heterocycles. The Hall–Kier alpha value is -1.10. The molecule has 1 saturated heterocycles. The fourth-order valence-electron chi connectivity index (χ4n) is 4.76. The van der Waals surface area contributed by atoms with Crippen LogP contribution in [-0.4, -0.2) is 31.7 Å². The number of nitrogens with zero attached hydrogens (tertiary/aromatic N) is 1. The predicted octanol–water partition coefficient (Wildman–Crippen LogP) is 3.02. The summed E-state index contributed by atoms with van der Waals surface area (Å²) in [5.41, 5.74) is 9.02. The van der Waals surface area contributed by atoms with E-state index in [0.717, 1.165) is 38.3 Å². The first-order valence-corrected chi connectivity index (χ1v) is 8.95. The molecule has 2 heterocycles. The Kier molecular flexibility index (Phi) is 5.19. The van der Waals surface area contributed by atoms with Crippen LogP contribution in [0.4, 0.5) is 5.69 Å². The molecule has 0 aromatic heterocycles. The summed E-state index contributed by atoms with van der Waals surface area (Å²) in [5, 5.41) is 0. The summed E-state index contributed by atoms with van der Waals surface area (Å²) < 4.78 is 5.41. The van der Waals surface area contributed by atoms with Gasteiger partial charge in [-0.3, -0.25) is 4.79 Å². The fourth-order valence-corrected chi connectivity index (χ4v) is 4.76. The summed E-state index contributed by atoms with van der Waals surface area (Å²) in [6.45, 7) is 2.28. The SMILES string of the molecule is Cl.NC(C(=O)N1CC2(CCCC2)c2ccccc21)C1CCOCC1. The number of nitrogens with two attached hydrogens (primary N) is 1. The summed E-state index contributed by atoms with van der Waals surface area (Å²) in [6.07, 6.45) is 6.71. The van der Waals surface area contributed by atoms with Gasteiger partial charge in [0.05, 0.1) is 6.04 Å². The zero-order valence-electron chi connectivity index (χ0n) is 14.1. The first-order chi connectivity index (χ1) is 11.2. The van der Waals surface area contributed by atoms with E-state index in [1.54, 1.807) is 0 Å². The molecule has 2 fully saturated rings. The van der Waals surface area contributed by atoms with Gasteiger partial charge < -0.3 is 15.4 Å². The van der Waals surface area contributed by atoms with Crippen LogP contribution in [0.15, 0.2) is 24.3 Å². The summed E-state index contributed by atoms with van der Waals surface area (Å²) in [7, 11) is 0. The molecule has 1 atom stereocenters. The molecule has 2 N–H and O–H groups in total. The minimum atomic E-state index is -0.400. The van der Waals surface area contributed by atoms with Crippen LogP contribution in [0.1, 0.15) is 44.1 Å². The summed E-state index contributed by atoms with van der Waals surface area (Å²) in [4.78, 5) is 15.1. The summed E-state index contributed by atoms with van der Waals surface area (Å²) in [6, 6.07) is 8.05. The van der Waals surface area contributed by atoms with Crippen molar-refractivity contribution in [1.82, 2.24) is 0 Å². The highest BCUT2D eigenvalue weighted by Gasteiger charge is 2.47. The number of halogens is 1. The Labute approximate surface area is 150 Å². The van der Waals surface area contributed by atoms with Crippen LogP contribution in [0.3, 0.4) is 0 Å². The molecule has 24 heavy (non-hydrogen) atoms. The van der Waals surface area contributed by atoms with E-state index >= 15 is 0 Å². The van der Waals surface area contributed by atoms with E-state index in [1.807, 2.05) is 11.0 Å². The third-order valence-corrected chi connectivity index (χ3v) is 6.11. The van der Waals surface area contributed by atoms with Gasteiger partial charge in [0.15, 0.2) is 0 Å². The third kappa shape index (κ3) is 2.85.